The molecule has 0 atom stereocenters. The molecule has 2 rings (SSSR count). The maximum atomic E-state index is 8.79. The summed E-state index contributed by atoms with van der Waals surface area (Å²) in [5.74, 6) is 0.987. The van der Waals surface area contributed by atoms with Crippen LogP contribution in [0.1, 0.15) is 18.4 Å². The number of ether oxygens (including phenoxy) is 1. The van der Waals surface area contributed by atoms with Gasteiger partial charge in [0.25, 0.3) is 0 Å². The summed E-state index contributed by atoms with van der Waals surface area (Å²) in [6.45, 7) is 5.09. The minimum absolute atomic E-state index is 0.283. The van der Waals surface area contributed by atoms with Gasteiger partial charge in [-0.2, -0.15) is 0 Å². The van der Waals surface area contributed by atoms with Crippen LogP contribution in [0.15, 0.2) is 18.2 Å². The van der Waals surface area contributed by atoms with Gasteiger partial charge in [0, 0.05) is 13.2 Å². The van der Waals surface area contributed by atoms with Gasteiger partial charge in [-0.25, -0.2) is 0 Å². The maximum absolute atomic E-state index is 8.79. The highest BCUT2D eigenvalue weighted by atomic mass is 16.5. The molecule has 1 aliphatic heterocycles. The van der Waals surface area contributed by atoms with Gasteiger partial charge < -0.3 is 14.7 Å². The van der Waals surface area contributed by atoms with Crippen LogP contribution in [0, 0.1) is 6.92 Å². The van der Waals surface area contributed by atoms with Gasteiger partial charge in [-0.3, -0.25) is 0 Å². The fraction of sp³-hybridized carbons (Fsp3) is 0.538. The zero-order valence-corrected chi connectivity index (χ0v) is 9.78. The molecule has 0 aromatic heterocycles. The van der Waals surface area contributed by atoms with E-state index in [0.717, 1.165) is 38.3 Å². The topological polar surface area (TPSA) is 32.7 Å². The standard InChI is InChI=1S/C13H19NO2/c1-11-4-5-13-12(10-11)14(7-9-16-13)6-2-3-8-15/h4-5,10,15H,2-3,6-9H2,1H3. The van der Waals surface area contributed by atoms with Gasteiger partial charge >= 0.3 is 0 Å². The highest BCUT2D eigenvalue weighted by Gasteiger charge is 2.17. The average molecular weight is 221 g/mol. The lowest BCUT2D eigenvalue weighted by Gasteiger charge is -2.31. The molecule has 0 bridgehead atoms. The summed E-state index contributed by atoms with van der Waals surface area (Å²) < 4.78 is 5.62. The van der Waals surface area contributed by atoms with Crippen LogP contribution in [0.25, 0.3) is 0 Å². The first-order chi connectivity index (χ1) is 7.81. The predicted molar refractivity (Wildman–Crippen MR) is 65.2 cm³/mol. The molecule has 1 aromatic rings. The lowest BCUT2D eigenvalue weighted by molar-refractivity contribution is 0.281. The Morgan fingerprint density at radius 3 is 3.06 bits per heavy atom. The van der Waals surface area contributed by atoms with Crippen molar-refractivity contribution in [1.82, 2.24) is 0 Å². The molecule has 3 heteroatoms. The molecular weight excluding hydrogens is 202 g/mol. The first-order valence-corrected chi connectivity index (χ1v) is 5.90. The number of rotatable bonds is 4. The molecule has 1 N–H and O–H groups in total. The van der Waals surface area contributed by atoms with E-state index >= 15 is 0 Å². The third-order valence-corrected chi connectivity index (χ3v) is 2.91. The predicted octanol–water partition coefficient (Wildman–Crippen LogP) is 1.97. The SMILES string of the molecule is Cc1ccc2c(c1)N(CCCCO)CCO2. The highest BCUT2D eigenvalue weighted by molar-refractivity contribution is 5.61. The molecular formula is C13H19NO2. The van der Waals surface area contributed by atoms with Crippen molar-refractivity contribution in [2.75, 3.05) is 31.2 Å². The molecule has 3 nitrogen and oxygen atoms in total. The quantitative estimate of drug-likeness (QED) is 0.789. The van der Waals surface area contributed by atoms with Gasteiger partial charge in [-0.05, 0) is 37.5 Å². The molecule has 0 aliphatic carbocycles. The van der Waals surface area contributed by atoms with Crippen molar-refractivity contribution in [1.29, 1.82) is 0 Å². The Balaban J connectivity index is 2.09. The van der Waals surface area contributed by atoms with Crippen LogP contribution >= 0.6 is 0 Å². The number of unbranched alkanes of at least 4 members (excludes halogenated alkanes) is 1. The average Bonchev–Trinajstić information content (AvgIpc) is 2.30. The van der Waals surface area contributed by atoms with Crippen molar-refractivity contribution in [2.45, 2.75) is 19.8 Å². The van der Waals surface area contributed by atoms with Crippen molar-refractivity contribution in [3.05, 3.63) is 23.8 Å². The van der Waals surface area contributed by atoms with E-state index in [9.17, 15) is 0 Å². The second-order valence-electron chi connectivity index (χ2n) is 4.24. The summed E-state index contributed by atoms with van der Waals surface area (Å²) in [5, 5.41) is 8.79. The number of fused-ring (bicyclic) bond motifs is 1. The number of nitrogens with zero attached hydrogens (tertiary/aromatic N) is 1. The maximum Gasteiger partial charge on any atom is 0.142 e. The molecule has 16 heavy (non-hydrogen) atoms. The Hall–Kier alpha value is -1.22. The lowest BCUT2D eigenvalue weighted by atomic mass is 10.1. The Morgan fingerprint density at radius 2 is 2.25 bits per heavy atom. The fourth-order valence-electron chi connectivity index (χ4n) is 2.03. The Morgan fingerprint density at radius 1 is 1.38 bits per heavy atom. The van der Waals surface area contributed by atoms with E-state index in [0.29, 0.717) is 0 Å². The van der Waals surface area contributed by atoms with E-state index in [-0.39, 0.29) is 6.61 Å². The van der Waals surface area contributed by atoms with Crippen LogP contribution in [0.2, 0.25) is 0 Å². The van der Waals surface area contributed by atoms with Crippen LogP contribution in [-0.2, 0) is 0 Å². The van der Waals surface area contributed by atoms with E-state index in [1.54, 1.807) is 0 Å². The van der Waals surface area contributed by atoms with Gasteiger partial charge in [0.1, 0.15) is 12.4 Å². The van der Waals surface area contributed by atoms with Gasteiger partial charge in [-0.15, -0.1) is 0 Å². The summed E-state index contributed by atoms with van der Waals surface area (Å²) in [4.78, 5) is 2.35. The van der Waals surface area contributed by atoms with Crippen LogP contribution in [-0.4, -0.2) is 31.4 Å². The Kier molecular flexibility index (Phi) is 3.67. The zero-order chi connectivity index (χ0) is 11.4. The largest absolute Gasteiger partial charge is 0.490 e. The second-order valence-corrected chi connectivity index (χ2v) is 4.24. The van der Waals surface area contributed by atoms with Gasteiger partial charge in [0.15, 0.2) is 0 Å². The van der Waals surface area contributed by atoms with Gasteiger partial charge in [-0.1, -0.05) is 6.07 Å². The summed E-state index contributed by atoms with van der Waals surface area (Å²) in [5.41, 5.74) is 2.46. The fourth-order valence-corrected chi connectivity index (χ4v) is 2.03. The number of anilines is 1. The van der Waals surface area contributed by atoms with Crippen molar-refractivity contribution in [3.8, 4) is 5.75 Å². The summed E-state index contributed by atoms with van der Waals surface area (Å²) in [6.07, 6.45) is 1.91. The van der Waals surface area contributed by atoms with E-state index in [2.05, 4.69) is 24.0 Å². The van der Waals surface area contributed by atoms with Gasteiger partial charge in [0.05, 0.1) is 12.2 Å². The summed E-state index contributed by atoms with van der Waals surface area (Å²) >= 11 is 0. The minimum Gasteiger partial charge on any atom is -0.490 e. The summed E-state index contributed by atoms with van der Waals surface area (Å²) in [7, 11) is 0. The number of benzene rings is 1. The van der Waals surface area contributed by atoms with E-state index in [1.807, 2.05) is 6.07 Å². The van der Waals surface area contributed by atoms with Crippen molar-refractivity contribution in [2.24, 2.45) is 0 Å². The smallest absolute Gasteiger partial charge is 0.142 e. The molecule has 0 spiro atoms. The number of aliphatic hydroxyl groups excluding tert-OH is 1. The number of aliphatic hydroxyl groups is 1. The van der Waals surface area contributed by atoms with E-state index < -0.39 is 0 Å². The van der Waals surface area contributed by atoms with Crippen LogP contribution in [0.4, 0.5) is 5.69 Å². The van der Waals surface area contributed by atoms with Crippen LogP contribution in [0.3, 0.4) is 0 Å². The molecule has 0 amide bonds. The van der Waals surface area contributed by atoms with E-state index in [1.165, 1.54) is 11.3 Å². The van der Waals surface area contributed by atoms with Crippen LogP contribution in [0.5, 0.6) is 5.75 Å². The zero-order valence-electron chi connectivity index (χ0n) is 9.78. The lowest BCUT2D eigenvalue weighted by Crippen LogP contribution is -2.33. The monoisotopic (exact) mass is 221 g/mol. The van der Waals surface area contributed by atoms with Crippen molar-refractivity contribution in [3.63, 3.8) is 0 Å². The minimum atomic E-state index is 0.283. The molecule has 0 unspecified atom stereocenters. The van der Waals surface area contributed by atoms with Crippen molar-refractivity contribution < 1.29 is 9.84 Å². The molecule has 0 fully saturated rings. The third-order valence-electron chi connectivity index (χ3n) is 2.91. The first-order valence-electron chi connectivity index (χ1n) is 5.90. The normalized spacial score (nSPS) is 14.5. The third kappa shape index (κ3) is 2.47. The first kappa shape index (κ1) is 11.3. The Bertz CT molecular complexity index is 352. The molecule has 1 aromatic carbocycles. The molecule has 0 saturated carbocycles. The molecule has 0 radical (unpaired) electrons. The number of hydrogen-bond acceptors (Lipinski definition) is 3. The molecule has 1 aliphatic rings. The van der Waals surface area contributed by atoms with Crippen LogP contribution < -0.4 is 9.64 Å². The molecule has 0 saturated heterocycles. The second kappa shape index (κ2) is 5.21. The number of aryl methyl sites for hydroxylation is 1. The van der Waals surface area contributed by atoms with Gasteiger partial charge in [0.2, 0.25) is 0 Å². The molecule has 1 heterocycles. The highest BCUT2D eigenvalue weighted by Crippen LogP contribution is 2.32. The van der Waals surface area contributed by atoms with Crippen molar-refractivity contribution >= 4 is 5.69 Å². The molecule has 88 valence electrons. The summed E-state index contributed by atoms with van der Waals surface area (Å²) in [6, 6.07) is 6.30. The number of hydrogen-bond donors (Lipinski definition) is 1. The Labute approximate surface area is 96.6 Å². The van der Waals surface area contributed by atoms with E-state index in [4.69, 9.17) is 9.84 Å².